The first-order valence-electron chi connectivity index (χ1n) is 9.14. The van der Waals surface area contributed by atoms with Crippen molar-refractivity contribution in [1.82, 2.24) is 9.97 Å². The average Bonchev–Trinajstić information content (AvgIpc) is 2.60. The van der Waals surface area contributed by atoms with Gasteiger partial charge in [-0.2, -0.15) is 4.98 Å². The number of nitrogens with one attached hydrogen (secondary N) is 1. The van der Waals surface area contributed by atoms with Crippen LogP contribution >= 0.6 is 15.9 Å². The molecule has 0 spiro atoms. The Balaban J connectivity index is 1.89. The van der Waals surface area contributed by atoms with E-state index in [1.807, 2.05) is 0 Å². The van der Waals surface area contributed by atoms with Crippen molar-refractivity contribution in [2.75, 3.05) is 16.8 Å². The molecule has 1 aliphatic heterocycles. The van der Waals surface area contributed by atoms with Gasteiger partial charge in [0.25, 0.3) is 0 Å². The summed E-state index contributed by atoms with van der Waals surface area (Å²) in [7, 11) is 0. The van der Waals surface area contributed by atoms with Gasteiger partial charge in [0.05, 0.1) is 5.69 Å². The Bertz CT molecular complexity index is 744. The second-order valence-electron chi connectivity index (χ2n) is 7.17. The summed E-state index contributed by atoms with van der Waals surface area (Å²) in [4.78, 5) is 11.9. The van der Waals surface area contributed by atoms with Crippen molar-refractivity contribution in [2.24, 2.45) is 0 Å². The third-order valence-electron chi connectivity index (χ3n) is 4.82. The summed E-state index contributed by atoms with van der Waals surface area (Å²) in [6, 6.07) is 9.10. The maximum absolute atomic E-state index is 4.81. The third-order valence-corrected chi connectivity index (χ3v) is 5.31. The van der Waals surface area contributed by atoms with Gasteiger partial charge >= 0.3 is 0 Å². The van der Waals surface area contributed by atoms with Gasteiger partial charge in [0, 0.05) is 29.7 Å². The minimum Gasteiger partial charge on any atom is -0.352 e. The number of fused-ring (bicyclic) bond motifs is 1. The molecular weight excluding hydrogens is 376 g/mol. The highest BCUT2D eigenvalue weighted by Gasteiger charge is 2.20. The number of hydrogen-bond donors (Lipinski definition) is 1. The van der Waals surface area contributed by atoms with E-state index in [9.17, 15) is 0 Å². The molecule has 4 nitrogen and oxygen atoms in total. The summed E-state index contributed by atoms with van der Waals surface area (Å²) in [5, 5.41) is 3.44. The van der Waals surface area contributed by atoms with E-state index >= 15 is 0 Å². The largest absolute Gasteiger partial charge is 0.352 e. The van der Waals surface area contributed by atoms with Crippen molar-refractivity contribution in [3.63, 3.8) is 0 Å². The fourth-order valence-electron chi connectivity index (χ4n) is 3.01. The molecule has 3 rings (SSSR count). The lowest BCUT2D eigenvalue weighted by molar-refractivity contribution is 0.706. The van der Waals surface area contributed by atoms with Gasteiger partial charge in [0.1, 0.15) is 5.82 Å². The van der Waals surface area contributed by atoms with E-state index in [1.54, 1.807) is 0 Å². The minimum absolute atomic E-state index is 0.370. The molecule has 1 aromatic carbocycles. The zero-order chi connectivity index (χ0) is 18.0. The zero-order valence-electron chi connectivity index (χ0n) is 15.5. The van der Waals surface area contributed by atoms with Crippen LogP contribution in [0.5, 0.6) is 0 Å². The molecule has 1 aliphatic rings. The summed E-state index contributed by atoms with van der Waals surface area (Å²) in [6.07, 6.45) is 2.10. The predicted molar refractivity (Wildman–Crippen MR) is 108 cm³/mol. The Labute approximate surface area is 159 Å². The normalized spacial score (nSPS) is 15.2. The molecule has 5 heteroatoms. The molecule has 0 unspecified atom stereocenters. The number of halogens is 1. The van der Waals surface area contributed by atoms with Gasteiger partial charge in [-0.15, -0.1) is 0 Å². The van der Waals surface area contributed by atoms with Gasteiger partial charge < -0.3 is 10.2 Å². The van der Waals surface area contributed by atoms with Gasteiger partial charge in [-0.3, -0.25) is 0 Å². The van der Waals surface area contributed by atoms with Crippen LogP contribution in [0.2, 0.25) is 0 Å². The van der Waals surface area contributed by atoms with Gasteiger partial charge in [-0.25, -0.2) is 4.98 Å². The molecule has 0 bridgehead atoms. The summed E-state index contributed by atoms with van der Waals surface area (Å²) in [5.74, 6) is 2.16. The summed E-state index contributed by atoms with van der Waals surface area (Å²) < 4.78 is 1.16. The van der Waals surface area contributed by atoms with Gasteiger partial charge in [-0.05, 0) is 48.9 Å². The molecule has 2 heterocycles. The van der Waals surface area contributed by atoms with Crippen LogP contribution in [0.3, 0.4) is 0 Å². The van der Waals surface area contributed by atoms with E-state index in [1.165, 1.54) is 11.1 Å². The summed E-state index contributed by atoms with van der Waals surface area (Å²) in [5.41, 5.74) is 3.91. The Kier molecular flexibility index (Phi) is 5.62. The molecule has 2 aromatic rings. The standard InChI is InChI=1S/C20H27BrN4/c1-5-14(4)22-20-23-18(13(2)3)11-19(24-20)25-9-8-15-10-17(21)7-6-16(15)12-25/h6-7,10-11,13-14H,5,8-9,12H2,1-4H3,(H,22,23,24)/t14-/m0/s1. The molecule has 0 amide bonds. The zero-order valence-corrected chi connectivity index (χ0v) is 17.1. The van der Waals surface area contributed by atoms with Crippen LogP contribution in [0.25, 0.3) is 0 Å². The first-order valence-corrected chi connectivity index (χ1v) is 9.93. The van der Waals surface area contributed by atoms with Crippen LogP contribution in [0.15, 0.2) is 28.7 Å². The van der Waals surface area contributed by atoms with E-state index < -0.39 is 0 Å². The highest BCUT2D eigenvalue weighted by molar-refractivity contribution is 9.10. The maximum atomic E-state index is 4.81. The van der Waals surface area contributed by atoms with E-state index in [0.29, 0.717) is 12.0 Å². The maximum Gasteiger partial charge on any atom is 0.225 e. The molecule has 0 aliphatic carbocycles. The van der Waals surface area contributed by atoms with E-state index in [4.69, 9.17) is 9.97 Å². The van der Waals surface area contributed by atoms with Crippen molar-refractivity contribution in [3.05, 3.63) is 45.6 Å². The molecule has 1 N–H and O–H groups in total. The molecule has 134 valence electrons. The van der Waals surface area contributed by atoms with Crippen LogP contribution in [0, 0.1) is 0 Å². The van der Waals surface area contributed by atoms with E-state index in [-0.39, 0.29) is 0 Å². The van der Waals surface area contributed by atoms with Crippen molar-refractivity contribution in [2.45, 2.75) is 59.0 Å². The Hall–Kier alpha value is -1.62. The van der Waals surface area contributed by atoms with E-state index in [2.05, 4.69) is 78.1 Å². The number of nitrogens with zero attached hydrogens (tertiary/aromatic N) is 3. The summed E-state index contributed by atoms with van der Waals surface area (Å²) in [6.45, 7) is 10.6. The third kappa shape index (κ3) is 4.32. The molecule has 25 heavy (non-hydrogen) atoms. The molecule has 0 saturated carbocycles. The van der Waals surface area contributed by atoms with Crippen molar-refractivity contribution < 1.29 is 0 Å². The first kappa shape index (κ1) is 18.2. The Morgan fingerprint density at radius 2 is 1.96 bits per heavy atom. The van der Waals surface area contributed by atoms with Crippen LogP contribution in [-0.2, 0) is 13.0 Å². The smallest absolute Gasteiger partial charge is 0.225 e. The quantitative estimate of drug-likeness (QED) is 0.751. The Morgan fingerprint density at radius 1 is 1.16 bits per heavy atom. The molecule has 1 atom stereocenters. The van der Waals surface area contributed by atoms with Gasteiger partial charge in [-0.1, -0.05) is 42.8 Å². The number of rotatable bonds is 5. The minimum atomic E-state index is 0.370. The number of benzene rings is 1. The molecule has 0 fully saturated rings. The lowest BCUT2D eigenvalue weighted by Crippen LogP contribution is -2.31. The molecule has 0 radical (unpaired) electrons. The first-order chi connectivity index (χ1) is 12.0. The lowest BCUT2D eigenvalue weighted by Gasteiger charge is -2.30. The highest BCUT2D eigenvalue weighted by Crippen LogP contribution is 2.28. The topological polar surface area (TPSA) is 41.1 Å². The second kappa shape index (κ2) is 7.73. The van der Waals surface area contributed by atoms with Crippen molar-refractivity contribution in [3.8, 4) is 0 Å². The molecule has 1 aromatic heterocycles. The second-order valence-corrected chi connectivity index (χ2v) is 8.08. The summed E-state index contributed by atoms with van der Waals surface area (Å²) >= 11 is 3.57. The van der Waals surface area contributed by atoms with Crippen LogP contribution in [0.1, 0.15) is 56.9 Å². The predicted octanol–water partition coefficient (Wildman–Crippen LogP) is 5.14. The Morgan fingerprint density at radius 3 is 2.68 bits per heavy atom. The fraction of sp³-hybridized carbons (Fsp3) is 0.500. The van der Waals surface area contributed by atoms with Gasteiger partial charge in [0.15, 0.2) is 0 Å². The average molecular weight is 403 g/mol. The highest BCUT2D eigenvalue weighted by atomic mass is 79.9. The van der Waals surface area contributed by atoms with Crippen LogP contribution in [-0.4, -0.2) is 22.6 Å². The van der Waals surface area contributed by atoms with Crippen LogP contribution < -0.4 is 10.2 Å². The van der Waals surface area contributed by atoms with E-state index in [0.717, 1.165) is 47.9 Å². The molecule has 0 saturated heterocycles. The van der Waals surface area contributed by atoms with Crippen molar-refractivity contribution in [1.29, 1.82) is 0 Å². The number of hydrogen-bond acceptors (Lipinski definition) is 4. The van der Waals surface area contributed by atoms with Gasteiger partial charge in [0.2, 0.25) is 5.95 Å². The lowest BCUT2D eigenvalue weighted by atomic mass is 10.00. The number of aromatic nitrogens is 2. The van der Waals surface area contributed by atoms with Crippen LogP contribution in [0.4, 0.5) is 11.8 Å². The monoisotopic (exact) mass is 402 g/mol. The fourth-order valence-corrected chi connectivity index (χ4v) is 3.42. The van der Waals surface area contributed by atoms with Crippen molar-refractivity contribution >= 4 is 27.7 Å². The SMILES string of the molecule is CC[C@H](C)Nc1nc(C(C)C)cc(N2CCc3cc(Br)ccc3C2)n1. The molecular formula is C20H27BrN4. The number of anilines is 2.